The summed E-state index contributed by atoms with van der Waals surface area (Å²) >= 11 is 0. The van der Waals surface area contributed by atoms with Gasteiger partial charge in [-0.2, -0.15) is 0 Å². The highest BCUT2D eigenvalue weighted by Gasteiger charge is 2.30. The van der Waals surface area contributed by atoms with E-state index in [2.05, 4.69) is 4.72 Å². The summed E-state index contributed by atoms with van der Waals surface area (Å²) in [4.78, 5) is 23.3. The van der Waals surface area contributed by atoms with E-state index < -0.39 is 28.1 Å². The minimum Gasteiger partial charge on any atom is -0.463 e. The van der Waals surface area contributed by atoms with Crippen LogP contribution in [0.15, 0.2) is 59.5 Å². The normalized spacial score (nSPS) is 17.0. The van der Waals surface area contributed by atoms with Crippen molar-refractivity contribution in [2.24, 2.45) is 0 Å². The Labute approximate surface area is 144 Å². The summed E-state index contributed by atoms with van der Waals surface area (Å²) in [5.74, 6) is -1.27. The molecule has 2 aromatic carbocycles. The monoisotopic (exact) mass is 361 g/mol. The molecule has 1 heterocycles. The first-order valence-electron chi connectivity index (χ1n) is 7.51. The van der Waals surface area contributed by atoms with Gasteiger partial charge in [0.05, 0.1) is 17.1 Å². The van der Waals surface area contributed by atoms with Crippen molar-refractivity contribution < 1.29 is 27.5 Å². The van der Waals surface area contributed by atoms with Gasteiger partial charge in [-0.15, -0.1) is 0 Å². The lowest BCUT2D eigenvalue weighted by atomic mass is 10.2. The van der Waals surface area contributed by atoms with Gasteiger partial charge in [-0.25, -0.2) is 18.0 Å². The smallest absolute Gasteiger partial charge is 0.347 e. The Morgan fingerprint density at radius 3 is 2.36 bits per heavy atom. The number of hydrogen-bond acceptors (Lipinski definition) is 6. The highest BCUT2D eigenvalue weighted by atomic mass is 32.2. The summed E-state index contributed by atoms with van der Waals surface area (Å²) in [6.45, 7) is 0.221. The fourth-order valence-electron chi connectivity index (χ4n) is 2.27. The van der Waals surface area contributed by atoms with Crippen LogP contribution in [-0.4, -0.2) is 33.1 Å². The molecular formula is C17H15NO6S. The number of ether oxygens (including phenoxy) is 2. The van der Waals surface area contributed by atoms with E-state index in [0.717, 1.165) is 0 Å². The van der Waals surface area contributed by atoms with Crippen LogP contribution in [0, 0.1) is 0 Å². The number of para-hydroxylation sites is 1. The largest absolute Gasteiger partial charge is 0.463 e. The zero-order chi connectivity index (χ0) is 17.9. The average molecular weight is 361 g/mol. The molecule has 7 nitrogen and oxygen atoms in total. The van der Waals surface area contributed by atoms with Crippen molar-refractivity contribution in [3.63, 3.8) is 0 Å². The molecule has 0 aromatic heterocycles. The molecule has 1 aliphatic heterocycles. The van der Waals surface area contributed by atoms with Crippen molar-refractivity contribution in [2.45, 2.75) is 17.4 Å². The van der Waals surface area contributed by atoms with Crippen LogP contribution < -0.4 is 4.72 Å². The minimum absolute atomic E-state index is 0.00757. The summed E-state index contributed by atoms with van der Waals surface area (Å²) in [5.41, 5.74) is 0.587. The third-order valence-corrected chi connectivity index (χ3v) is 4.96. The molecule has 1 atom stereocenters. The summed E-state index contributed by atoms with van der Waals surface area (Å²) in [7, 11) is -3.76. The van der Waals surface area contributed by atoms with Crippen molar-refractivity contribution in [1.82, 2.24) is 0 Å². The van der Waals surface area contributed by atoms with Crippen LogP contribution in [0.5, 0.6) is 0 Å². The quantitative estimate of drug-likeness (QED) is 0.818. The maximum atomic E-state index is 12.3. The predicted octanol–water partition coefficient (Wildman–Crippen LogP) is 1.96. The maximum absolute atomic E-state index is 12.3. The number of nitrogens with one attached hydrogen (secondary N) is 1. The molecule has 1 N–H and O–H groups in total. The molecule has 0 spiro atoms. The van der Waals surface area contributed by atoms with Gasteiger partial charge in [0.15, 0.2) is 0 Å². The summed E-state index contributed by atoms with van der Waals surface area (Å²) in [5, 5.41) is 0. The molecule has 0 radical (unpaired) electrons. The van der Waals surface area contributed by atoms with Crippen LogP contribution in [-0.2, 0) is 24.3 Å². The van der Waals surface area contributed by atoms with E-state index in [9.17, 15) is 18.0 Å². The average Bonchev–Trinajstić information content (AvgIpc) is 3.00. The van der Waals surface area contributed by atoms with E-state index in [1.54, 1.807) is 30.3 Å². The first kappa shape index (κ1) is 17.0. The van der Waals surface area contributed by atoms with Crippen molar-refractivity contribution in [3.8, 4) is 0 Å². The van der Waals surface area contributed by atoms with E-state index in [4.69, 9.17) is 9.47 Å². The second-order valence-electron chi connectivity index (χ2n) is 5.35. The topological polar surface area (TPSA) is 98.8 Å². The lowest BCUT2D eigenvalue weighted by Crippen LogP contribution is -2.22. The standard InChI is InChI=1S/C17H15NO6S/c19-16(24-15-10-11-23-17(15)20)12-6-8-14(9-7-12)25(21,22)18-13-4-2-1-3-5-13/h1-9,15,18H,10-11H2. The lowest BCUT2D eigenvalue weighted by Gasteiger charge is -2.10. The maximum Gasteiger partial charge on any atom is 0.347 e. The molecule has 2 aromatic rings. The number of cyclic esters (lactones) is 1. The van der Waals surface area contributed by atoms with Gasteiger partial charge in [0.25, 0.3) is 10.0 Å². The zero-order valence-electron chi connectivity index (χ0n) is 13.0. The Balaban J connectivity index is 1.71. The number of sulfonamides is 1. The molecule has 8 heteroatoms. The van der Waals surface area contributed by atoms with Crippen molar-refractivity contribution in [3.05, 3.63) is 60.2 Å². The van der Waals surface area contributed by atoms with Crippen LogP contribution in [0.25, 0.3) is 0 Å². The Morgan fingerprint density at radius 1 is 1.08 bits per heavy atom. The fraction of sp³-hybridized carbons (Fsp3) is 0.176. The summed E-state index contributed by atoms with van der Waals surface area (Å²) in [6, 6.07) is 13.7. The number of esters is 2. The lowest BCUT2D eigenvalue weighted by molar-refractivity contribution is -0.145. The second-order valence-corrected chi connectivity index (χ2v) is 7.03. The molecule has 25 heavy (non-hydrogen) atoms. The van der Waals surface area contributed by atoms with Crippen LogP contribution in [0.2, 0.25) is 0 Å². The first-order valence-corrected chi connectivity index (χ1v) is 8.99. The van der Waals surface area contributed by atoms with Gasteiger partial charge < -0.3 is 9.47 Å². The van der Waals surface area contributed by atoms with E-state index in [1.165, 1.54) is 24.3 Å². The van der Waals surface area contributed by atoms with Gasteiger partial charge in [-0.1, -0.05) is 18.2 Å². The van der Waals surface area contributed by atoms with Crippen LogP contribution >= 0.6 is 0 Å². The number of hydrogen-bond donors (Lipinski definition) is 1. The van der Waals surface area contributed by atoms with E-state index >= 15 is 0 Å². The molecule has 130 valence electrons. The van der Waals surface area contributed by atoms with Gasteiger partial charge >= 0.3 is 11.9 Å². The highest BCUT2D eigenvalue weighted by Crippen LogP contribution is 2.18. The van der Waals surface area contributed by atoms with Crippen molar-refractivity contribution in [1.29, 1.82) is 0 Å². The third-order valence-electron chi connectivity index (χ3n) is 3.56. The molecule has 1 saturated heterocycles. The molecule has 0 saturated carbocycles. The van der Waals surface area contributed by atoms with Gasteiger partial charge in [-0.05, 0) is 36.4 Å². The number of anilines is 1. The molecule has 3 rings (SSSR count). The summed E-state index contributed by atoms with van der Waals surface area (Å²) < 4.78 is 36.8. The van der Waals surface area contributed by atoms with Gasteiger partial charge in [0.2, 0.25) is 6.10 Å². The summed E-state index contributed by atoms with van der Waals surface area (Å²) in [6.07, 6.45) is -0.589. The molecule has 1 unspecified atom stereocenters. The Bertz CT molecular complexity index is 877. The molecule has 1 fully saturated rings. The number of rotatable bonds is 5. The molecule has 0 amide bonds. The Kier molecular flexibility index (Phi) is 4.71. The van der Waals surface area contributed by atoms with E-state index in [0.29, 0.717) is 12.1 Å². The van der Waals surface area contributed by atoms with Crippen LogP contribution in [0.3, 0.4) is 0 Å². The molecule has 1 aliphatic rings. The van der Waals surface area contributed by atoms with Gasteiger partial charge in [-0.3, -0.25) is 4.72 Å². The highest BCUT2D eigenvalue weighted by molar-refractivity contribution is 7.92. The van der Waals surface area contributed by atoms with Gasteiger partial charge in [0.1, 0.15) is 0 Å². The first-order chi connectivity index (χ1) is 12.0. The van der Waals surface area contributed by atoms with Crippen molar-refractivity contribution >= 4 is 27.6 Å². The third kappa shape index (κ3) is 3.97. The minimum atomic E-state index is -3.76. The Hall–Kier alpha value is -2.87. The molecule has 0 aliphatic carbocycles. The number of carbonyl (C=O) groups excluding carboxylic acids is 2. The van der Waals surface area contributed by atoms with Crippen LogP contribution in [0.1, 0.15) is 16.8 Å². The predicted molar refractivity (Wildman–Crippen MR) is 88.5 cm³/mol. The van der Waals surface area contributed by atoms with Gasteiger partial charge in [0, 0.05) is 12.1 Å². The Morgan fingerprint density at radius 2 is 1.76 bits per heavy atom. The van der Waals surface area contributed by atoms with E-state index in [-0.39, 0.29) is 17.1 Å². The van der Waals surface area contributed by atoms with Crippen LogP contribution in [0.4, 0.5) is 5.69 Å². The number of carbonyl (C=O) groups is 2. The van der Waals surface area contributed by atoms with E-state index in [1.807, 2.05) is 0 Å². The fourth-order valence-corrected chi connectivity index (χ4v) is 3.33. The second kappa shape index (κ2) is 6.94. The molecule has 0 bridgehead atoms. The SMILES string of the molecule is O=C(OC1CCOC1=O)c1ccc(S(=O)(=O)Nc2ccccc2)cc1. The molecular weight excluding hydrogens is 346 g/mol. The zero-order valence-corrected chi connectivity index (χ0v) is 13.9. The van der Waals surface area contributed by atoms with Crippen molar-refractivity contribution in [2.75, 3.05) is 11.3 Å². The number of benzene rings is 2.